The van der Waals surface area contributed by atoms with Gasteiger partial charge >= 0.3 is 0 Å². The van der Waals surface area contributed by atoms with Crippen LogP contribution in [-0.4, -0.2) is 10.2 Å². The number of rotatable bonds is 2. The Hall–Kier alpha value is -2.55. The van der Waals surface area contributed by atoms with Crippen molar-refractivity contribution in [2.75, 3.05) is 0 Å². The van der Waals surface area contributed by atoms with Crippen LogP contribution in [0.4, 0.5) is 4.39 Å². The molecular formula is C16H11FN2. The summed E-state index contributed by atoms with van der Waals surface area (Å²) < 4.78 is 13.2. The van der Waals surface area contributed by atoms with Gasteiger partial charge in [-0.25, -0.2) is 4.39 Å². The summed E-state index contributed by atoms with van der Waals surface area (Å²) in [6.45, 7) is 0. The van der Waals surface area contributed by atoms with Crippen LogP contribution in [0.25, 0.3) is 22.4 Å². The van der Waals surface area contributed by atoms with Crippen LogP contribution in [0, 0.1) is 5.82 Å². The number of nitrogens with zero attached hydrogens (tertiary/aromatic N) is 2. The average molecular weight is 250 g/mol. The molecule has 0 aliphatic carbocycles. The second-order valence-corrected chi connectivity index (χ2v) is 4.21. The lowest BCUT2D eigenvalue weighted by Crippen LogP contribution is -1.89. The molecule has 0 fully saturated rings. The van der Waals surface area contributed by atoms with Crippen LogP contribution < -0.4 is 0 Å². The monoisotopic (exact) mass is 250 g/mol. The Morgan fingerprint density at radius 1 is 0.737 bits per heavy atom. The van der Waals surface area contributed by atoms with E-state index < -0.39 is 0 Å². The first-order chi connectivity index (χ1) is 9.33. The van der Waals surface area contributed by atoms with Gasteiger partial charge in [0.05, 0.1) is 11.9 Å². The fraction of sp³-hybridized carbons (Fsp3) is 0. The first-order valence-corrected chi connectivity index (χ1v) is 5.97. The van der Waals surface area contributed by atoms with Gasteiger partial charge in [-0.3, -0.25) is 0 Å². The molecule has 19 heavy (non-hydrogen) atoms. The van der Waals surface area contributed by atoms with Crippen molar-refractivity contribution in [1.82, 2.24) is 10.2 Å². The molecule has 3 aromatic rings. The standard InChI is InChI=1S/C16H11FN2/c17-15-8-4-7-13(9-15)14-10-16(19-18-11-14)12-5-2-1-3-6-12/h1-11H. The highest BCUT2D eigenvalue weighted by atomic mass is 19.1. The lowest BCUT2D eigenvalue weighted by Gasteiger charge is -2.04. The third-order valence-electron chi connectivity index (χ3n) is 2.88. The van der Waals surface area contributed by atoms with Gasteiger partial charge in [-0.05, 0) is 23.8 Å². The predicted molar refractivity (Wildman–Crippen MR) is 72.9 cm³/mol. The Labute approximate surface area is 110 Å². The quantitative estimate of drug-likeness (QED) is 0.688. The molecule has 92 valence electrons. The van der Waals surface area contributed by atoms with Gasteiger partial charge in [0.15, 0.2) is 0 Å². The van der Waals surface area contributed by atoms with Gasteiger partial charge in [0, 0.05) is 11.1 Å². The molecule has 0 saturated heterocycles. The van der Waals surface area contributed by atoms with Gasteiger partial charge in [-0.1, -0.05) is 42.5 Å². The molecule has 0 aliphatic rings. The minimum absolute atomic E-state index is 0.254. The molecule has 0 saturated carbocycles. The molecule has 2 aromatic carbocycles. The van der Waals surface area contributed by atoms with Crippen LogP contribution in [-0.2, 0) is 0 Å². The minimum Gasteiger partial charge on any atom is -0.207 e. The number of halogens is 1. The zero-order chi connectivity index (χ0) is 13.1. The van der Waals surface area contributed by atoms with Gasteiger partial charge in [0.2, 0.25) is 0 Å². The fourth-order valence-electron chi connectivity index (χ4n) is 1.94. The van der Waals surface area contributed by atoms with Crippen molar-refractivity contribution >= 4 is 0 Å². The lowest BCUT2D eigenvalue weighted by atomic mass is 10.1. The zero-order valence-electron chi connectivity index (χ0n) is 10.1. The van der Waals surface area contributed by atoms with Crippen LogP contribution in [0.15, 0.2) is 66.9 Å². The van der Waals surface area contributed by atoms with Crippen LogP contribution in [0.2, 0.25) is 0 Å². The molecule has 0 unspecified atom stereocenters. The second kappa shape index (κ2) is 4.98. The third kappa shape index (κ3) is 2.50. The van der Waals surface area contributed by atoms with Crippen LogP contribution in [0.5, 0.6) is 0 Å². The summed E-state index contributed by atoms with van der Waals surface area (Å²) in [4.78, 5) is 0. The molecule has 2 nitrogen and oxygen atoms in total. The van der Waals surface area contributed by atoms with Crippen molar-refractivity contribution in [2.45, 2.75) is 0 Å². The Balaban J connectivity index is 2.06. The minimum atomic E-state index is -0.254. The SMILES string of the molecule is Fc1cccc(-c2cnnc(-c3ccccc3)c2)c1. The van der Waals surface area contributed by atoms with E-state index in [0.29, 0.717) is 0 Å². The van der Waals surface area contributed by atoms with E-state index in [4.69, 9.17) is 0 Å². The van der Waals surface area contributed by atoms with Crippen molar-refractivity contribution in [3.63, 3.8) is 0 Å². The molecule has 0 radical (unpaired) electrons. The maximum atomic E-state index is 13.2. The zero-order valence-corrected chi connectivity index (χ0v) is 10.1. The van der Waals surface area contributed by atoms with E-state index in [9.17, 15) is 4.39 Å². The van der Waals surface area contributed by atoms with E-state index >= 15 is 0 Å². The summed E-state index contributed by atoms with van der Waals surface area (Å²) in [5.74, 6) is -0.254. The van der Waals surface area contributed by atoms with Crippen LogP contribution in [0.1, 0.15) is 0 Å². The summed E-state index contributed by atoms with van der Waals surface area (Å²) in [6, 6.07) is 18.2. The molecule has 1 heterocycles. The van der Waals surface area contributed by atoms with E-state index in [1.165, 1.54) is 12.1 Å². The molecule has 1 aromatic heterocycles. The smallest absolute Gasteiger partial charge is 0.123 e. The van der Waals surface area contributed by atoms with Crippen LogP contribution in [0.3, 0.4) is 0 Å². The highest BCUT2D eigenvalue weighted by Gasteiger charge is 2.04. The van der Waals surface area contributed by atoms with Gasteiger partial charge < -0.3 is 0 Å². The van der Waals surface area contributed by atoms with E-state index in [1.54, 1.807) is 12.3 Å². The Kier molecular flexibility index (Phi) is 3.02. The predicted octanol–water partition coefficient (Wildman–Crippen LogP) is 3.95. The van der Waals surface area contributed by atoms with Gasteiger partial charge in [0.1, 0.15) is 5.82 Å². The van der Waals surface area contributed by atoms with E-state index in [-0.39, 0.29) is 5.82 Å². The van der Waals surface area contributed by atoms with Gasteiger partial charge in [-0.15, -0.1) is 0 Å². The molecule has 0 N–H and O–H groups in total. The normalized spacial score (nSPS) is 10.4. The number of hydrogen-bond donors (Lipinski definition) is 0. The Morgan fingerprint density at radius 2 is 1.53 bits per heavy atom. The summed E-state index contributed by atoms with van der Waals surface area (Å²) in [6.07, 6.45) is 1.64. The summed E-state index contributed by atoms with van der Waals surface area (Å²) >= 11 is 0. The molecule has 3 heteroatoms. The molecule has 0 atom stereocenters. The van der Waals surface area contributed by atoms with Crippen molar-refractivity contribution in [3.05, 3.63) is 72.7 Å². The van der Waals surface area contributed by atoms with Gasteiger partial charge in [-0.2, -0.15) is 10.2 Å². The molecule has 0 bridgehead atoms. The van der Waals surface area contributed by atoms with Crippen molar-refractivity contribution in [3.8, 4) is 22.4 Å². The first kappa shape index (κ1) is 11.5. The highest BCUT2D eigenvalue weighted by Crippen LogP contribution is 2.23. The molecular weight excluding hydrogens is 239 g/mol. The van der Waals surface area contributed by atoms with E-state index in [2.05, 4.69) is 10.2 Å². The summed E-state index contributed by atoms with van der Waals surface area (Å²) in [7, 11) is 0. The van der Waals surface area contributed by atoms with Crippen molar-refractivity contribution < 1.29 is 4.39 Å². The average Bonchev–Trinajstić information content (AvgIpc) is 2.48. The van der Waals surface area contributed by atoms with Crippen molar-refractivity contribution in [2.24, 2.45) is 0 Å². The fourth-order valence-corrected chi connectivity index (χ4v) is 1.94. The van der Waals surface area contributed by atoms with Crippen LogP contribution >= 0.6 is 0 Å². The van der Waals surface area contributed by atoms with E-state index in [1.807, 2.05) is 42.5 Å². The number of hydrogen-bond acceptors (Lipinski definition) is 2. The maximum Gasteiger partial charge on any atom is 0.123 e. The molecule has 0 aliphatic heterocycles. The molecule has 3 rings (SSSR count). The summed E-state index contributed by atoms with van der Waals surface area (Å²) in [5.41, 5.74) is 3.43. The first-order valence-electron chi connectivity index (χ1n) is 5.97. The highest BCUT2D eigenvalue weighted by molar-refractivity contribution is 5.69. The van der Waals surface area contributed by atoms with E-state index in [0.717, 1.165) is 22.4 Å². The van der Waals surface area contributed by atoms with Gasteiger partial charge in [0.25, 0.3) is 0 Å². The second-order valence-electron chi connectivity index (χ2n) is 4.21. The molecule has 0 spiro atoms. The topological polar surface area (TPSA) is 25.8 Å². The summed E-state index contributed by atoms with van der Waals surface area (Å²) in [5, 5.41) is 8.11. The maximum absolute atomic E-state index is 13.2. The lowest BCUT2D eigenvalue weighted by molar-refractivity contribution is 0.628. The number of benzene rings is 2. The molecule has 0 amide bonds. The largest absolute Gasteiger partial charge is 0.207 e. The third-order valence-corrected chi connectivity index (χ3v) is 2.88. The number of aromatic nitrogens is 2. The Bertz CT molecular complexity index is 696. The van der Waals surface area contributed by atoms with Crippen molar-refractivity contribution in [1.29, 1.82) is 0 Å². The Morgan fingerprint density at radius 3 is 2.32 bits per heavy atom.